The van der Waals surface area contributed by atoms with E-state index in [2.05, 4.69) is 15.6 Å². The van der Waals surface area contributed by atoms with Crippen molar-refractivity contribution in [2.24, 2.45) is 0 Å². The standard InChI is InChI=1S/C12H18N4O3S2/c1-12(4-5-21(18,19)6-12)16-10(17)8-9(13)15-11(20-8)14-7-2-3-7/h7H,2-6,13H2,1H3,(H,14,15)(H,16,17). The van der Waals surface area contributed by atoms with E-state index in [4.69, 9.17) is 5.73 Å². The molecule has 116 valence electrons. The maximum absolute atomic E-state index is 12.3. The zero-order valence-corrected chi connectivity index (χ0v) is 13.3. The Hall–Kier alpha value is -1.35. The fourth-order valence-corrected chi connectivity index (χ4v) is 5.35. The van der Waals surface area contributed by atoms with Gasteiger partial charge >= 0.3 is 0 Å². The molecule has 1 aliphatic heterocycles. The van der Waals surface area contributed by atoms with Crippen molar-refractivity contribution in [1.29, 1.82) is 0 Å². The summed E-state index contributed by atoms with van der Waals surface area (Å²) in [5.41, 5.74) is 5.06. The minimum atomic E-state index is -3.06. The van der Waals surface area contributed by atoms with Gasteiger partial charge in [0, 0.05) is 6.04 Å². The summed E-state index contributed by atoms with van der Waals surface area (Å²) >= 11 is 1.21. The smallest absolute Gasteiger partial charge is 0.265 e. The number of sulfone groups is 1. The number of nitrogens with two attached hydrogens (primary N) is 1. The van der Waals surface area contributed by atoms with Crippen LogP contribution in [0.4, 0.5) is 10.9 Å². The molecule has 7 nitrogen and oxygen atoms in total. The van der Waals surface area contributed by atoms with Gasteiger partial charge < -0.3 is 16.4 Å². The number of thiazole rings is 1. The first-order valence-electron chi connectivity index (χ1n) is 6.82. The molecular formula is C12H18N4O3S2. The van der Waals surface area contributed by atoms with Gasteiger partial charge in [-0.15, -0.1) is 0 Å². The predicted molar refractivity (Wildman–Crippen MR) is 82.3 cm³/mol. The molecule has 4 N–H and O–H groups in total. The highest BCUT2D eigenvalue weighted by atomic mass is 32.2. The van der Waals surface area contributed by atoms with Crippen LogP contribution in [0.2, 0.25) is 0 Å². The molecule has 1 saturated heterocycles. The van der Waals surface area contributed by atoms with Crippen LogP contribution in [0.25, 0.3) is 0 Å². The lowest BCUT2D eigenvalue weighted by atomic mass is 10.0. The van der Waals surface area contributed by atoms with E-state index in [1.807, 2.05) is 0 Å². The Kier molecular flexibility index (Phi) is 3.36. The molecule has 0 spiro atoms. The number of anilines is 2. The van der Waals surface area contributed by atoms with Crippen molar-refractivity contribution in [1.82, 2.24) is 10.3 Å². The molecule has 1 aromatic heterocycles. The SMILES string of the molecule is CC1(NC(=O)c2sc(NC3CC3)nc2N)CCS(=O)(=O)C1. The normalized spacial score (nSPS) is 27.5. The minimum absolute atomic E-state index is 0.0301. The maximum Gasteiger partial charge on any atom is 0.265 e. The zero-order chi connectivity index (χ0) is 15.3. The van der Waals surface area contributed by atoms with Gasteiger partial charge in [0.15, 0.2) is 15.0 Å². The molecule has 0 bridgehead atoms. The third-order valence-electron chi connectivity index (χ3n) is 3.68. The fourth-order valence-electron chi connectivity index (χ4n) is 2.40. The lowest BCUT2D eigenvalue weighted by Gasteiger charge is -2.23. The molecule has 1 unspecified atom stereocenters. The van der Waals surface area contributed by atoms with Crippen molar-refractivity contribution < 1.29 is 13.2 Å². The van der Waals surface area contributed by atoms with Crippen LogP contribution in [-0.4, -0.2) is 42.4 Å². The molecule has 0 radical (unpaired) electrons. The van der Waals surface area contributed by atoms with Gasteiger partial charge in [0.05, 0.1) is 17.0 Å². The van der Waals surface area contributed by atoms with Crippen LogP contribution in [0.5, 0.6) is 0 Å². The molecule has 21 heavy (non-hydrogen) atoms. The van der Waals surface area contributed by atoms with Gasteiger partial charge in [-0.2, -0.15) is 0 Å². The number of nitrogen functional groups attached to an aromatic ring is 1. The molecule has 9 heteroatoms. The van der Waals surface area contributed by atoms with Gasteiger partial charge in [-0.3, -0.25) is 4.79 Å². The van der Waals surface area contributed by atoms with Gasteiger partial charge in [0.1, 0.15) is 10.7 Å². The first kappa shape index (κ1) is 14.6. The van der Waals surface area contributed by atoms with E-state index in [0.29, 0.717) is 22.5 Å². The summed E-state index contributed by atoms with van der Waals surface area (Å²) in [6.45, 7) is 1.75. The van der Waals surface area contributed by atoms with Crippen molar-refractivity contribution in [3.8, 4) is 0 Å². The van der Waals surface area contributed by atoms with Gasteiger partial charge in [0.25, 0.3) is 5.91 Å². The molecule has 1 aromatic rings. The number of rotatable bonds is 4. The van der Waals surface area contributed by atoms with Crippen molar-refractivity contribution in [3.63, 3.8) is 0 Å². The summed E-state index contributed by atoms with van der Waals surface area (Å²) in [5.74, 6) is -0.0906. The van der Waals surface area contributed by atoms with Crippen molar-refractivity contribution >= 4 is 38.0 Å². The number of carbonyl (C=O) groups is 1. The van der Waals surface area contributed by atoms with Crippen LogP contribution in [0.3, 0.4) is 0 Å². The number of amides is 1. The average Bonchev–Trinajstić information content (AvgIpc) is 3.01. The topological polar surface area (TPSA) is 114 Å². The second-order valence-electron chi connectivity index (χ2n) is 6.01. The highest BCUT2D eigenvalue weighted by Gasteiger charge is 2.40. The Morgan fingerprint density at radius 1 is 1.48 bits per heavy atom. The van der Waals surface area contributed by atoms with Gasteiger partial charge in [-0.05, 0) is 26.2 Å². The number of aromatic nitrogens is 1. The molecule has 2 heterocycles. The van der Waals surface area contributed by atoms with Gasteiger partial charge in [0.2, 0.25) is 0 Å². The summed E-state index contributed by atoms with van der Waals surface area (Å²) in [5, 5.41) is 6.64. The summed E-state index contributed by atoms with van der Waals surface area (Å²) in [7, 11) is -3.06. The Labute approximate surface area is 127 Å². The van der Waals surface area contributed by atoms with E-state index < -0.39 is 15.4 Å². The van der Waals surface area contributed by atoms with Gasteiger partial charge in [-0.25, -0.2) is 13.4 Å². The van der Waals surface area contributed by atoms with E-state index in [1.165, 1.54) is 11.3 Å². The van der Waals surface area contributed by atoms with E-state index >= 15 is 0 Å². The lowest BCUT2D eigenvalue weighted by Crippen LogP contribution is -2.46. The summed E-state index contributed by atoms with van der Waals surface area (Å²) in [6.07, 6.45) is 2.64. The molecule has 2 aliphatic rings. The second-order valence-corrected chi connectivity index (χ2v) is 9.19. The van der Waals surface area contributed by atoms with E-state index in [9.17, 15) is 13.2 Å². The average molecular weight is 330 g/mol. The summed E-state index contributed by atoms with van der Waals surface area (Å²) < 4.78 is 23.1. The van der Waals surface area contributed by atoms with Crippen LogP contribution in [-0.2, 0) is 9.84 Å². The molecule has 1 amide bonds. The maximum atomic E-state index is 12.3. The van der Waals surface area contributed by atoms with Crippen molar-refractivity contribution in [3.05, 3.63) is 4.88 Å². The van der Waals surface area contributed by atoms with Crippen molar-refractivity contribution in [2.75, 3.05) is 22.6 Å². The Balaban J connectivity index is 1.71. The van der Waals surface area contributed by atoms with Crippen molar-refractivity contribution in [2.45, 2.75) is 37.8 Å². The molecule has 0 aromatic carbocycles. The molecule has 3 rings (SSSR count). The van der Waals surface area contributed by atoms with Crippen LogP contribution < -0.4 is 16.4 Å². The Morgan fingerprint density at radius 2 is 2.19 bits per heavy atom. The number of nitrogens with one attached hydrogen (secondary N) is 2. The van der Waals surface area contributed by atoms with Crippen LogP contribution in [0.15, 0.2) is 0 Å². The third-order valence-corrected chi connectivity index (χ3v) is 6.59. The Bertz CT molecular complexity index is 681. The summed E-state index contributed by atoms with van der Waals surface area (Å²) in [6, 6.07) is 0.434. The largest absolute Gasteiger partial charge is 0.382 e. The molecular weight excluding hydrogens is 312 g/mol. The first-order chi connectivity index (χ1) is 9.76. The van der Waals surface area contributed by atoms with Crippen LogP contribution >= 0.6 is 11.3 Å². The van der Waals surface area contributed by atoms with Gasteiger partial charge in [-0.1, -0.05) is 11.3 Å². The molecule has 1 saturated carbocycles. The monoisotopic (exact) mass is 330 g/mol. The number of hydrogen-bond acceptors (Lipinski definition) is 7. The van der Waals surface area contributed by atoms with E-state index in [0.717, 1.165) is 12.8 Å². The van der Waals surface area contributed by atoms with E-state index in [-0.39, 0.29) is 23.2 Å². The number of nitrogens with zero attached hydrogens (tertiary/aromatic N) is 1. The third kappa shape index (κ3) is 3.29. The van der Waals surface area contributed by atoms with E-state index in [1.54, 1.807) is 6.92 Å². The molecule has 1 aliphatic carbocycles. The molecule has 2 fully saturated rings. The summed E-state index contributed by atoms with van der Waals surface area (Å²) in [4.78, 5) is 16.8. The zero-order valence-electron chi connectivity index (χ0n) is 11.7. The van der Waals surface area contributed by atoms with Crippen LogP contribution in [0.1, 0.15) is 35.9 Å². The Morgan fingerprint density at radius 3 is 2.76 bits per heavy atom. The van der Waals surface area contributed by atoms with Crippen LogP contribution in [0, 0.1) is 0 Å². The number of hydrogen-bond donors (Lipinski definition) is 3. The fraction of sp³-hybridized carbons (Fsp3) is 0.667. The second kappa shape index (κ2) is 4.84. The molecule has 1 atom stereocenters. The minimum Gasteiger partial charge on any atom is -0.382 e. The highest BCUT2D eigenvalue weighted by Crippen LogP contribution is 2.31. The predicted octanol–water partition coefficient (Wildman–Crippen LogP) is 0.607. The highest BCUT2D eigenvalue weighted by molar-refractivity contribution is 7.91. The first-order valence-corrected chi connectivity index (χ1v) is 9.46. The quantitative estimate of drug-likeness (QED) is 0.745. The number of carbonyl (C=O) groups excluding carboxylic acids is 1. The lowest BCUT2D eigenvalue weighted by molar-refractivity contribution is 0.0920.